The third kappa shape index (κ3) is 4.02. The maximum absolute atomic E-state index is 12.7. The number of amides is 1. The van der Waals surface area contributed by atoms with E-state index in [1.165, 1.54) is 22.7 Å². The molecule has 3 aromatic heterocycles. The van der Waals surface area contributed by atoms with Crippen LogP contribution >= 0.6 is 11.8 Å². The zero-order chi connectivity index (χ0) is 20.9. The summed E-state index contributed by atoms with van der Waals surface area (Å²) in [5.74, 6) is -0.129. The summed E-state index contributed by atoms with van der Waals surface area (Å²) in [6.45, 7) is 0. The number of nitrogen functional groups attached to an aromatic ring is 1. The van der Waals surface area contributed by atoms with Crippen molar-refractivity contribution in [3.05, 3.63) is 53.6 Å². The Morgan fingerprint density at radius 3 is 2.83 bits per heavy atom. The van der Waals surface area contributed by atoms with Gasteiger partial charge in [-0.1, -0.05) is 47.3 Å². The largest absolute Gasteiger partial charge is 0.378 e. The van der Waals surface area contributed by atoms with Crippen molar-refractivity contribution >= 4 is 29.7 Å². The molecule has 0 aliphatic heterocycles. The van der Waals surface area contributed by atoms with E-state index >= 15 is 0 Å². The Kier molecular flexibility index (Phi) is 5.47. The van der Waals surface area contributed by atoms with Crippen LogP contribution in [0.4, 0.5) is 5.82 Å². The lowest BCUT2D eigenvalue weighted by Gasteiger charge is -2.05. The first-order valence-electron chi connectivity index (χ1n) is 8.51. The molecule has 0 saturated carbocycles. The summed E-state index contributed by atoms with van der Waals surface area (Å²) in [5, 5.41) is 27.7. The molecule has 0 saturated heterocycles. The predicted octanol–water partition coefficient (Wildman–Crippen LogP) is 0.417. The van der Waals surface area contributed by atoms with Gasteiger partial charge in [0.1, 0.15) is 6.33 Å². The van der Waals surface area contributed by atoms with E-state index in [0.717, 1.165) is 5.56 Å². The van der Waals surface area contributed by atoms with E-state index < -0.39 is 5.91 Å². The lowest BCUT2D eigenvalue weighted by molar-refractivity contribution is 0.0949. The number of nitrogens with one attached hydrogen (secondary N) is 1. The molecule has 1 aromatic carbocycles. The lowest BCUT2D eigenvalue weighted by atomic mass is 10.2. The molecule has 3 heterocycles. The van der Waals surface area contributed by atoms with Crippen LogP contribution in [0.25, 0.3) is 5.82 Å². The number of carbonyl (C=O) groups is 1. The molecule has 0 bridgehead atoms. The number of hydrogen-bond donors (Lipinski definition) is 2. The van der Waals surface area contributed by atoms with Gasteiger partial charge in [-0.25, -0.2) is 10.1 Å². The average Bonchev–Trinajstić information content (AvgIpc) is 3.46. The third-order valence-corrected chi connectivity index (χ3v) is 4.91. The number of carbonyl (C=O) groups excluding carboxylic acids is 1. The molecule has 0 fully saturated rings. The molecule has 30 heavy (non-hydrogen) atoms. The highest BCUT2D eigenvalue weighted by Gasteiger charge is 2.24. The minimum Gasteiger partial charge on any atom is -0.378 e. The lowest BCUT2D eigenvalue weighted by Crippen LogP contribution is -2.20. The Morgan fingerprint density at radius 1 is 1.30 bits per heavy atom. The Bertz CT molecular complexity index is 1180. The number of hydrazone groups is 1. The van der Waals surface area contributed by atoms with Crippen LogP contribution in [0.3, 0.4) is 0 Å². The molecule has 0 spiro atoms. The quantitative estimate of drug-likeness (QED) is 0.240. The number of thioether (sulfide) groups is 1. The molecular formula is C16H15N11O2S. The van der Waals surface area contributed by atoms with Crippen LogP contribution in [0, 0.1) is 0 Å². The Hall–Kier alpha value is -4.07. The first-order valence-corrected chi connectivity index (χ1v) is 9.50. The summed E-state index contributed by atoms with van der Waals surface area (Å²) in [6.07, 6.45) is 3.10. The van der Waals surface area contributed by atoms with Crippen LogP contribution in [0.5, 0.6) is 0 Å². The van der Waals surface area contributed by atoms with Gasteiger partial charge in [0.25, 0.3) is 5.91 Å². The molecule has 0 atom stereocenters. The van der Waals surface area contributed by atoms with E-state index in [9.17, 15) is 4.79 Å². The van der Waals surface area contributed by atoms with Crippen molar-refractivity contribution in [2.75, 3.05) is 5.73 Å². The van der Waals surface area contributed by atoms with E-state index in [-0.39, 0.29) is 23.1 Å². The number of nitrogens with two attached hydrogens (primary N) is 1. The van der Waals surface area contributed by atoms with Crippen LogP contribution in [0.2, 0.25) is 0 Å². The summed E-state index contributed by atoms with van der Waals surface area (Å²) in [5.41, 5.74) is 9.52. The fourth-order valence-corrected chi connectivity index (χ4v) is 3.29. The highest BCUT2D eigenvalue weighted by molar-refractivity contribution is 7.98. The van der Waals surface area contributed by atoms with Gasteiger partial charge in [0.2, 0.25) is 11.6 Å². The van der Waals surface area contributed by atoms with Crippen molar-refractivity contribution in [3.8, 4) is 5.82 Å². The second kappa shape index (κ2) is 8.52. The van der Waals surface area contributed by atoms with Crippen LogP contribution in [0.15, 0.2) is 51.5 Å². The van der Waals surface area contributed by atoms with Crippen LogP contribution < -0.4 is 11.2 Å². The number of benzene rings is 1. The highest BCUT2D eigenvalue weighted by Crippen LogP contribution is 2.24. The zero-order valence-corrected chi connectivity index (χ0v) is 16.4. The molecule has 1 amide bonds. The van der Waals surface area contributed by atoms with Crippen LogP contribution in [0.1, 0.15) is 21.7 Å². The first-order chi connectivity index (χ1) is 14.6. The second-order valence-corrected chi connectivity index (χ2v) is 6.84. The normalized spacial score (nSPS) is 11.2. The summed E-state index contributed by atoms with van der Waals surface area (Å²) >= 11 is 1.33. The SMILES string of the molecule is Cn1cnnc1SCc1c(C(=O)N/N=C/c2ccccc2)nnn1-c1nonc1N. The van der Waals surface area contributed by atoms with Crippen molar-refractivity contribution < 1.29 is 9.42 Å². The molecule has 4 aromatic rings. The number of aryl methyl sites for hydroxylation is 1. The minimum atomic E-state index is -0.544. The van der Waals surface area contributed by atoms with Gasteiger partial charge in [0.15, 0.2) is 10.9 Å². The summed E-state index contributed by atoms with van der Waals surface area (Å²) in [6, 6.07) is 9.34. The molecule has 0 aliphatic rings. The third-order valence-electron chi connectivity index (χ3n) is 3.86. The molecule has 0 aliphatic carbocycles. The number of nitrogens with zero attached hydrogens (tertiary/aromatic N) is 9. The maximum atomic E-state index is 12.7. The van der Waals surface area contributed by atoms with Crippen molar-refractivity contribution in [3.63, 3.8) is 0 Å². The fraction of sp³-hybridized carbons (Fsp3) is 0.125. The van der Waals surface area contributed by atoms with E-state index in [2.05, 4.69) is 46.0 Å². The van der Waals surface area contributed by atoms with E-state index in [1.54, 1.807) is 10.9 Å². The van der Waals surface area contributed by atoms with Crippen molar-refractivity contribution in [2.45, 2.75) is 10.9 Å². The van der Waals surface area contributed by atoms with Gasteiger partial charge in [-0.15, -0.1) is 15.3 Å². The van der Waals surface area contributed by atoms with Gasteiger partial charge in [0, 0.05) is 12.8 Å². The summed E-state index contributed by atoms with van der Waals surface area (Å²) in [4.78, 5) is 12.7. The molecule has 3 N–H and O–H groups in total. The number of hydrogen-bond acceptors (Lipinski definition) is 11. The number of rotatable bonds is 7. The Labute approximate surface area is 173 Å². The summed E-state index contributed by atoms with van der Waals surface area (Å²) in [7, 11) is 1.81. The molecule has 0 unspecified atom stereocenters. The van der Waals surface area contributed by atoms with Crippen molar-refractivity contribution in [2.24, 2.45) is 12.1 Å². The molecule has 14 heteroatoms. The predicted molar refractivity (Wildman–Crippen MR) is 106 cm³/mol. The summed E-state index contributed by atoms with van der Waals surface area (Å²) < 4.78 is 7.68. The van der Waals surface area contributed by atoms with Gasteiger partial charge in [-0.3, -0.25) is 4.79 Å². The topological polar surface area (TPSA) is 168 Å². The van der Waals surface area contributed by atoms with E-state index in [1.807, 2.05) is 37.4 Å². The monoisotopic (exact) mass is 425 g/mol. The van der Waals surface area contributed by atoms with Gasteiger partial charge in [-0.05, 0) is 15.9 Å². The number of aromatic nitrogens is 8. The van der Waals surface area contributed by atoms with E-state index in [4.69, 9.17) is 5.73 Å². The van der Waals surface area contributed by atoms with Crippen LogP contribution in [-0.2, 0) is 12.8 Å². The molecule has 13 nitrogen and oxygen atoms in total. The van der Waals surface area contributed by atoms with Gasteiger partial charge in [0.05, 0.1) is 11.9 Å². The molecule has 152 valence electrons. The van der Waals surface area contributed by atoms with Crippen molar-refractivity contribution in [1.82, 2.24) is 45.5 Å². The van der Waals surface area contributed by atoms with Gasteiger partial charge >= 0.3 is 0 Å². The van der Waals surface area contributed by atoms with E-state index in [0.29, 0.717) is 10.9 Å². The standard InChI is InChI=1S/C16H15N11O2S/c1-26-9-19-22-16(26)30-8-11-12(20-25-27(11)14-13(17)23-29-24-14)15(28)21-18-7-10-5-3-2-4-6-10/h2-7,9H,8H2,1H3,(H2,17,23)(H,21,28)/b18-7+. The second-order valence-electron chi connectivity index (χ2n) is 5.89. The van der Waals surface area contributed by atoms with Crippen molar-refractivity contribution in [1.29, 1.82) is 0 Å². The Balaban J connectivity index is 1.59. The van der Waals surface area contributed by atoms with Gasteiger partial charge < -0.3 is 10.3 Å². The smallest absolute Gasteiger partial charge is 0.293 e. The Morgan fingerprint density at radius 2 is 2.13 bits per heavy atom. The molecular weight excluding hydrogens is 410 g/mol. The average molecular weight is 425 g/mol. The molecule has 0 radical (unpaired) electrons. The first kappa shape index (κ1) is 19.3. The zero-order valence-electron chi connectivity index (χ0n) is 15.6. The maximum Gasteiger partial charge on any atom is 0.293 e. The number of anilines is 1. The fourth-order valence-electron chi connectivity index (χ4n) is 2.41. The van der Waals surface area contributed by atoms with Gasteiger partial charge in [-0.2, -0.15) is 9.78 Å². The minimum absolute atomic E-state index is 0.0128. The molecule has 4 rings (SSSR count). The van der Waals surface area contributed by atoms with Crippen LogP contribution in [-0.4, -0.2) is 52.2 Å². The highest BCUT2D eigenvalue weighted by atomic mass is 32.2.